The fraction of sp³-hybridized carbons (Fsp3) is 0.611. The van der Waals surface area contributed by atoms with Crippen molar-refractivity contribution >= 4 is 29.9 Å². The largest absolute Gasteiger partial charge is 0.489 e. The molecule has 0 amide bonds. The molecule has 0 atom stereocenters. The second-order valence-electron chi connectivity index (χ2n) is 6.47. The number of aliphatic imine (C=N–C) groups is 1. The molecule has 1 aromatic rings. The third-order valence-electron chi connectivity index (χ3n) is 4.37. The quantitative estimate of drug-likeness (QED) is 0.284. The highest BCUT2D eigenvalue weighted by Crippen LogP contribution is 2.17. The van der Waals surface area contributed by atoms with E-state index >= 15 is 0 Å². The lowest BCUT2D eigenvalue weighted by molar-refractivity contribution is 0.167. The molecule has 148 valence electrons. The summed E-state index contributed by atoms with van der Waals surface area (Å²) in [4.78, 5) is 6.68. The Morgan fingerprint density at radius 1 is 1.31 bits per heavy atom. The van der Waals surface area contributed by atoms with Crippen LogP contribution in [-0.4, -0.2) is 56.2 Å². The monoisotopic (exact) mass is 482 g/mol. The van der Waals surface area contributed by atoms with Gasteiger partial charge < -0.3 is 20.3 Å². The van der Waals surface area contributed by atoms with Crippen molar-refractivity contribution < 1.29 is 13.5 Å². The van der Waals surface area contributed by atoms with Crippen LogP contribution in [0.15, 0.2) is 23.2 Å². The highest BCUT2D eigenvalue weighted by Gasteiger charge is 2.21. The Bertz CT molecular complexity index is 578. The molecule has 2 N–H and O–H groups in total. The van der Waals surface area contributed by atoms with E-state index in [1.807, 2.05) is 0 Å². The number of benzene rings is 1. The second-order valence-corrected chi connectivity index (χ2v) is 6.47. The normalized spacial score (nSPS) is 16.3. The van der Waals surface area contributed by atoms with E-state index in [9.17, 15) is 8.78 Å². The topological polar surface area (TPSA) is 48.9 Å². The zero-order chi connectivity index (χ0) is 18.2. The molecule has 0 radical (unpaired) electrons. The second kappa shape index (κ2) is 11.5. The number of hydrogen-bond acceptors (Lipinski definition) is 3. The minimum absolute atomic E-state index is 0. The predicted octanol–water partition coefficient (Wildman–Crippen LogP) is 3.00. The van der Waals surface area contributed by atoms with Crippen molar-refractivity contribution in [2.75, 3.05) is 33.3 Å². The van der Waals surface area contributed by atoms with E-state index < -0.39 is 11.6 Å². The van der Waals surface area contributed by atoms with Gasteiger partial charge in [-0.25, -0.2) is 8.78 Å². The lowest BCUT2D eigenvalue weighted by Gasteiger charge is -2.35. The molecule has 0 aliphatic carbocycles. The van der Waals surface area contributed by atoms with Gasteiger partial charge in [0.15, 0.2) is 17.5 Å². The Labute approximate surface area is 171 Å². The fourth-order valence-corrected chi connectivity index (χ4v) is 2.87. The zero-order valence-electron chi connectivity index (χ0n) is 15.6. The summed E-state index contributed by atoms with van der Waals surface area (Å²) in [5.74, 6) is -0.547. The molecule has 1 aliphatic heterocycles. The van der Waals surface area contributed by atoms with Gasteiger partial charge in [-0.15, -0.1) is 24.0 Å². The molecule has 26 heavy (non-hydrogen) atoms. The van der Waals surface area contributed by atoms with Crippen molar-refractivity contribution in [3.63, 3.8) is 0 Å². The highest BCUT2D eigenvalue weighted by atomic mass is 127. The maximum absolute atomic E-state index is 13.5. The summed E-state index contributed by atoms with van der Waals surface area (Å²) in [6.45, 7) is 7.34. The van der Waals surface area contributed by atoms with Crippen molar-refractivity contribution in [3.8, 4) is 5.75 Å². The van der Waals surface area contributed by atoms with Gasteiger partial charge in [0.1, 0.15) is 12.4 Å². The molecular weight excluding hydrogens is 453 g/mol. The molecule has 2 rings (SSSR count). The molecular formula is C18H29F2IN4O. The standard InChI is InChI=1S/C18H28F2N4O.HI/c1-13(2)24-9-6-15(7-10-24)23-18(21-3)22-8-11-25-17-5-4-14(19)12-16(17)20;/h4-5,12-13,15H,6-11H2,1-3H3,(H2,21,22,23);1H. The summed E-state index contributed by atoms with van der Waals surface area (Å²) >= 11 is 0. The summed E-state index contributed by atoms with van der Waals surface area (Å²) in [5, 5.41) is 6.57. The number of piperidine rings is 1. The molecule has 0 saturated carbocycles. The van der Waals surface area contributed by atoms with Crippen LogP contribution in [0.2, 0.25) is 0 Å². The van der Waals surface area contributed by atoms with Crippen LogP contribution in [0.4, 0.5) is 8.78 Å². The lowest BCUT2D eigenvalue weighted by atomic mass is 10.0. The number of guanidine groups is 1. The summed E-state index contributed by atoms with van der Waals surface area (Å²) in [6.07, 6.45) is 2.16. The van der Waals surface area contributed by atoms with E-state index in [2.05, 4.69) is 34.4 Å². The number of rotatable bonds is 6. The van der Waals surface area contributed by atoms with Gasteiger partial charge in [-0.3, -0.25) is 4.99 Å². The van der Waals surface area contributed by atoms with Crippen LogP contribution in [0.25, 0.3) is 0 Å². The molecule has 1 aromatic carbocycles. The van der Waals surface area contributed by atoms with Crippen LogP contribution in [0.1, 0.15) is 26.7 Å². The third kappa shape index (κ3) is 7.22. The van der Waals surface area contributed by atoms with Gasteiger partial charge in [-0.2, -0.15) is 0 Å². The minimum Gasteiger partial charge on any atom is -0.489 e. The Balaban J connectivity index is 0.00000338. The number of halogens is 3. The van der Waals surface area contributed by atoms with Gasteiger partial charge in [0.2, 0.25) is 0 Å². The van der Waals surface area contributed by atoms with Crippen LogP contribution in [0, 0.1) is 11.6 Å². The first kappa shape index (κ1) is 22.9. The Kier molecular flexibility index (Phi) is 10.1. The Hall–Kier alpha value is -1.16. The predicted molar refractivity (Wildman–Crippen MR) is 111 cm³/mol. The van der Waals surface area contributed by atoms with Crippen LogP contribution >= 0.6 is 24.0 Å². The first-order valence-corrected chi connectivity index (χ1v) is 8.78. The van der Waals surface area contributed by atoms with Crippen LogP contribution in [0.3, 0.4) is 0 Å². The smallest absolute Gasteiger partial charge is 0.191 e. The van der Waals surface area contributed by atoms with E-state index in [-0.39, 0.29) is 36.3 Å². The van der Waals surface area contributed by atoms with Gasteiger partial charge >= 0.3 is 0 Å². The van der Waals surface area contributed by atoms with E-state index in [1.165, 1.54) is 12.1 Å². The minimum atomic E-state index is -0.695. The average Bonchev–Trinajstić information content (AvgIpc) is 2.59. The number of nitrogens with one attached hydrogen (secondary N) is 2. The maximum Gasteiger partial charge on any atom is 0.191 e. The SMILES string of the molecule is CN=C(NCCOc1ccc(F)cc1F)NC1CCN(C(C)C)CC1.I. The molecule has 0 bridgehead atoms. The highest BCUT2D eigenvalue weighted by molar-refractivity contribution is 14.0. The van der Waals surface area contributed by atoms with E-state index in [0.29, 0.717) is 24.6 Å². The molecule has 5 nitrogen and oxygen atoms in total. The number of likely N-dealkylation sites (tertiary alicyclic amines) is 1. The molecule has 0 aromatic heterocycles. The molecule has 0 spiro atoms. The summed E-state index contributed by atoms with van der Waals surface area (Å²) in [6, 6.07) is 4.27. The van der Waals surface area contributed by atoms with E-state index in [1.54, 1.807) is 7.05 Å². The third-order valence-corrected chi connectivity index (χ3v) is 4.37. The molecule has 0 unspecified atom stereocenters. The Morgan fingerprint density at radius 2 is 2.00 bits per heavy atom. The maximum atomic E-state index is 13.5. The van der Waals surface area contributed by atoms with Crippen molar-refractivity contribution in [1.82, 2.24) is 15.5 Å². The molecule has 1 aliphatic rings. The summed E-state index contributed by atoms with van der Waals surface area (Å²) in [5.41, 5.74) is 0. The van der Waals surface area contributed by atoms with Gasteiger partial charge in [0.25, 0.3) is 0 Å². The van der Waals surface area contributed by atoms with Gasteiger partial charge in [0.05, 0.1) is 6.54 Å². The van der Waals surface area contributed by atoms with Crippen LogP contribution in [-0.2, 0) is 0 Å². The Morgan fingerprint density at radius 3 is 2.58 bits per heavy atom. The first-order chi connectivity index (χ1) is 12.0. The number of hydrogen-bond donors (Lipinski definition) is 2. The van der Waals surface area contributed by atoms with Gasteiger partial charge in [-0.05, 0) is 38.8 Å². The average molecular weight is 482 g/mol. The van der Waals surface area contributed by atoms with E-state index in [4.69, 9.17) is 4.74 Å². The lowest BCUT2D eigenvalue weighted by Crippen LogP contribution is -2.50. The first-order valence-electron chi connectivity index (χ1n) is 8.78. The fourth-order valence-electron chi connectivity index (χ4n) is 2.87. The number of ether oxygens (including phenoxy) is 1. The summed E-state index contributed by atoms with van der Waals surface area (Å²) < 4.78 is 31.6. The van der Waals surface area contributed by atoms with Crippen LogP contribution < -0.4 is 15.4 Å². The van der Waals surface area contributed by atoms with Gasteiger partial charge in [0, 0.05) is 38.3 Å². The van der Waals surface area contributed by atoms with Crippen molar-refractivity contribution in [2.24, 2.45) is 4.99 Å². The van der Waals surface area contributed by atoms with Crippen molar-refractivity contribution in [2.45, 2.75) is 38.8 Å². The van der Waals surface area contributed by atoms with Crippen molar-refractivity contribution in [1.29, 1.82) is 0 Å². The summed E-state index contributed by atoms with van der Waals surface area (Å²) in [7, 11) is 1.72. The molecule has 1 saturated heterocycles. The van der Waals surface area contributed by atoms with E-state index in [0.717, 1.165) is 32.0 Å². The molecule has 1 heterocycles. The molecule has 1 fully saturated rings. The van der Waals surface area contributed by atoms with Crippen molar-refractivity contribution in [3.05, 3.63) is 29.8 Å². The molecule has 8 heteroatoms. The van der Waals surface area contributed by atoms with Gasteiger partial charge in [-0.1, -0.05) is 0 Å². The number of nitrogens with zero attached hydrogens (tertiary/aromatic N) is 2. The van der Waals surface area contributed by atoms with Crippen LogP contribution in [0.5, 0.6) is 5.75 Å². The zero-order valence-corrected chi connectivity index (χ0v) is 17.9.